The number of benzene rings is 1. The maximum Gasteiger partial charge on any atom is 0.417 e. The van der Waals surface area contributed by atoms with Crippen molar-refractivity contribution in [3.05, 3.63) is 64.5 Å². The largest absolute Gasteiger partial charge is 0.417 e. The number of anilines is 1. The highest BCUT2D eigenvalue weighted by molar-refractivity contribution is 5.99. The lowest BCUT2D eigenvalue weighted by molar-refractivity contribution is -0.137. The molecule has 7 nitrogen and oxygen atoms in total. The summed E-state index contributed by atoms with van der Waals surface area (Å²) < 4.78 is 44.7. The van der Waals surface area contributed by atoms with E-state index in [0.717, 1.165) is 41.6 Å². The Morgan fingerprint density at radius 2 is 1.95 bits per heavy atom. The number of alkyl halides is 3. The quantitative estimate of drug-likeness (QED) is 0.496. The molecular formula is C27H29F3N4O3. The number of hydrogen-bond acceptors (Lipinski definition) is 6. The Morgan fingerprint density at radius 1 is 1.19 bits per heavy atom. The van der Waals surface area contributed by atoms with E-state index < -0.39 is 11.7 Å². The molecule has 0 saturated heterocycles. The average Bonchev–Trinajstić information content (AvgIpc) is 3.26. The molecule has 0 radical (unpaired) electrons. The summed E-state index contributed by atoms with van der Waals surface area (Å²) in [5.74, 6) is 0.357. The molecule has 0 spiro atoms. The minimum absolute atomic E-state index is 0.0757. The van der Waals surface area contributed by atoms with E-state index in [-0.39, 0.29) is 30.6 Å². The molecule has 196 valence electrons. The molecule has 3 N–H and O–H groups in total. The summed E-state index contributed by atoms with van der Waals surface area (Å²) in [6, 6.07) is 7.54. The first-order chi connectivity index (χ1) is 17.6. The Labute approximate surface area is 212 Å². The first-order valence-corrected chi connectivity index (χ1v) is 12.4. The van der Waals surface area contributed by atoms with Crippen molar-refractivity contribution in [3.63, 3.8) is 0 Å². The Bertz CT molecular complexity index is 1300. The summed E-state index contributed by atoms with van der Waals surface area (Å²) in [5.41, 5.74) is 8.56. The van der Waals surface area contributed by atoms with E-state index in [1.165, 1.54) is 6.07 Å². The van der Waals surface area contributed by atoms with Crippen LogP contribution >= 0.6 is 0 Å². The van der Waals surface area contributed by atoms with Crippen LogP contribution in [0.25, 0.3) is 10.9 Å². The molecule has 3 aromatic rings. The molecule has 0 unspecified atom stereocenters. The smallest absolute Gasteiger partial charge is 0.393 e. The van der Waals surface area contributed by atoms with E-state index in [0.29, 0.717) is 48.6 Å². The van der Waals surface area contributed by atoms with Crippen molar-refractivity contribution in [2.45, 2.75) is 64.1 Å². The fourth-order valence-electron chi connectivity index (χ4n) is 5.32. The number of nitrogen functional groups attached to an aromatic ring is 1. The standard InChI is InChI=1S/C27H29F3N4O3/c1-15-24-22(14-37-15)21-10-17(4-9-23(21)33-25(24)31)26(36)34(12-16-2-7-20(35)8-3-16)13-19-6-5-18(11-32-19)27(28,29)30/h4-6,9-11,15-16,20,35H,2-3,7-8,12-14H2,1H3,(H2,31,33)/t15-,16?,20?/m1/s1. The highest BCUT2D eigenvalue weighted by Gasteiger charge is 2.31. The van der Waals surface area contributed by atoms with Gasteiger partial charge in [0.15, 0.2) is 0 Å². The number of rotatable bonds is 5. The minimum atomic E-state index is -4.48. The number of aromatic nitrogens is 2. The second-order valence-electron chi connectivity index (χ2n) is 9.97. The number of carbonyl (C=O) groups is 1. The second kappa shape index (κ2) is 9.90. The number of carbonyl (C=O) groups excluding carboxylic acids is 1. The van der Waals surface area contributed by atoms with Crippen LogP contribution in [0, 0.1) is 5.92 Å². The van der Waals surface area contributed by atoms with Crippen molar-refractivity contribution < 1.29 is 27.8 Å². The molecule has 1 aromatic carbocycles. The predicted octanol–water partition coefficient (Wildman–Crippen LogP) is 5.02. The van der Waals surface area contributed by atoms with Gasteiger partial charge in [0, 0.05) is 29.3 Å². The van der Waals surface area contributed by atoms with Gasteiger partial charge in [0.2, 0.25) is 0 Å². The molecule has 37 heavy (non-hydrogen) atoms. The van der Waals surface area contributed by atoms with Crippen LogP contribution in [0.5, 0.6) is 0 Å². The fraction of sp³-hybridized carbons (Fsp3) is 0.444. The number of nitrogens with two attached hydrogens (primary N) is 1. The van der Waals surface area contributed by atoms with Crippen LogP contribution in [-0.2, 0) is 24.1 Å². The van der Waals surface area contributed by atoms with E-state index in [1.54, 1.807) is 23.1 Å². The van der Waals surface area contributed by atoms with Crippen molar-refractivity contribution >= 4 is 22.6 Å². The molecular weight excluding hydrogens is 485 g/mol. The van der Waals surface area contributed by atoms with Crippen molar-refractivity contribution in [1.82, 2.24) is 14.9 Å². The fourth-order valence-corrected chi connectivity index (χ4v) is 5.32. The third-order valence-corrected chi connectivity index (χ3v) is 7.38. The summed E-state index contributed by atoms with van der Waals surface area (Å²) >= 11 is 0. The van der Waals surface area contributed by atoms with Gasteiger partial charge in [0.25, 0.3) is 5.91 Å². The summed E-state index contributed by atoms with van der Waals surface area (Å²) in [6.45, 7) is 2.78. The summed E-state index contributed by atoms with van der Waals surface area (Å²) in [4.78, 5) is 23.9. The zero-order valence-electron chi connectivity index (χ0n) is 20.5. The summed E-state index contributed by atoms with van der Waals surface area (Å²) in [5, 5.41) is 10.7. The van der Waals surface area contributed by atoms with Gasteiger partial charge in [0.1, 0.15) is 5.82 Å². The normalized spacial score (nSPS) is 21.7. The molecule has 1 aliphatic heterocycles. The van der Waals surface area contributed by atoms with Gasteiger partial charge in [-0.25, -0.2) is 4.98 Å². The summed E-state index contributed by atoms with van der Waals surface area (Å²) in [6.07, 6.45) is -1.32. The van der Waals surface area contributed by atoms with Gasteiger partial charge < -0.3 is 20.5 Å². The van der Waals surface area contributed by atoms with Crippen LogP contribution < -0.4 is 5.73 Å². The van der Waals surface area contributed by atoms with Crippen molar-refractivity contribution in [2.24, 2.45) is 5.92 Å². The van der Waals surface area contributed by atoms with E-state index >= 15 is 0 Å². The number of pyridine rings is 2. The number of fused-ring (bicyclic) bond motifs is 3. The lowest BCUT2D eigenvalue weighted by atomic mass is 9.87. The van der Waals surface area contributed by atoms with E-state index in [2.05, 4.69) is 9.97 Å². The first-order valence-electron chi connectivity index (χ1n) is 12.4. The molecule has 3 heterocycles. The third-order valence-electron chi connectivity index (χ3n) is 7.38. The SMILES string of the molecule is C[C@H]1OCc2c1c(N)nc1ccc(C(=O)N(Cc3ccc(C(F)(F)F)cn3)CC3CCC(O)CC3)cc21. The van der Waals surface area contributed by atoms with Crippen molar-refractivity contribution in [1.29, 1.82) is 0 Å². The number of aliphatic hydroxyl groups is 1. The first kappa shape index (κ1) is 25.4. The molecule has 10 heteroatoms. The lowest BCUT2D eigenvalue weighted by Crippen LogP contribution is -2.37. The van der Waals surface area contributed by atoms with Crippen LogP contribution in [0.1, 0.15) is 71.5 Å². The highest BCUT2D eigenvalue weighted by Crippen LogP contribution is 2.38. The van der Waals surface area contributed by atoms with Gasteiger partial charge in [-0.05, 0) is 74.4 Å². The van der Waals surface area contributed by atoms with Gasteiger partial charge in [-0.15, -0.1) is 0 Å². The maximum atomic E-state index is 13.8. The number of halogens is 3. The van der Waals surface area contributed by atoms with Crippen LogP contribution in [0.15, 0.2) is 36.5 Å². The monoisotopic (exact) mass is 514 g/mol. The summed E-state index contributed by atoms with van der Waals surface area (Å²) in [7, 11) is 0. The van der Waals surface area contributed by atoms with Gasteiger partial charge in [-0.1, -0.05) is 0 Å². The predicted molar refractivity (Wildman–Crippen MR) is 131 cm³/mol. The van der Waals surface area contributed by atoms with Crippen LogP contribution in [0.2, 0.25) is 0 Å². The van der Waals surface area contributed by atoms with Gasteiger partial charge in [0.05, 0.1) is 42.1 Å². The minimum Gasteiger partial charge on any atom is -0.393 e. The maximum absolute atomic E-state index is 13.8. The molecule has 1 saturated carbocycles. The number of amides is 1. The van der Waals surface area contributed by atoms with Gasteiger partial charge in [-0.2, -0.15) is 13.2 Å². The highest BCUT2D eigenvalue weighted by atomic mass is 19.4. The van der Waals surface area contributed by atoms with Crippen molar-refractivity contribution in [2.75, 3.05) is 12.3 Å². The number of aliphatic hydroxyl groups excluding tert-OH is 1. The lowest BCUT2D eigenvalue weighted by Gasteiger charge is -2.31. The molecule has 2 aliphatic rings. The van der Waals surface area contributed by atoms with Crippen LogP contribution in [0.3, 0.4) is 0 Å². The van der Waals surface area contributed by atoms with E-state index in [1.807, 2.05) is 6.92 Å². The zero-order chi connectivity index (χ0) is 26.3. The molecule has 1 atom stereocenters. The molecule has 0 bridgehead atoms. The molecule has 1 aliphatic carbocycles. The Morgan fingerprint density at radius 3 is 2.62 bits per heavy atom. The number of ether oxygens (including phenoxy) is 1. The zero-order valence-corrected chi connectivity index (χ0v) is 20.5. The Hall–Kier alpha value is -3.24. The van der Waals surface area contributed by atoms with Crippen molar-refractivity contribution in [3.8, 4) is 0 Å². The van der Waals surface area contributed by atoms with E-state index in [4.69, 9.17) is 10.5 Å². The Balaban J connectivity index is 1.45. The Kier molecular flexibility index (Phi) is 6.80. The molecule has 5 rings (SSSR count). The van der Waals surface area contributed by atoms with Crippen LogP contribution in [-0.4, -0.2) is 38.5 Å². The van der Waals surface area contributed by atoms with Gasteiger partial charge >= 0.3 is 6.18 Å². The van der Waals surface area contributed by atoms with E-state index in [9.17, 15) is 23.1 Å². The molecule has 1 amide bonds. The topological polar surface area (TPSA) is 102 Å². The van der Waals surface area contributed by atoms with Crippen LogP contribution in [0.4, 0.5) is 19.0 Å². The molecule has 2 aromatic heterocycles. The second-order valence-corrected chi connectivity index (χ2v) is 9.97. The van der Waals surface area contributed by atoms with Gasteiger partial charge in [-0.3, -0.25) is 9.78 Å². The molecule has 1 fully saturated rings. The number of hydrogen-bond donors (Lipinski definition) is 2. The number of nitrogens with zero attached hydrogens (tertiary/aromatic N) is 3. The third kappa shape index (κ3) is 5.26. The average molecular weight is 515 g/mol.